The molecule has 2 rings (SSSR count). The minimum atomic E-state index is -0.374. The summed E-state index contributed by atoms with van der Waals surface area (Å²) in [5, 5.41) is 6.11. The van der Waals surface area contributed by atoms with E-state index >= 15 is 0 Å². The Balaban J connectivity index is 1.78. The third-order valence-corrected chi connectivity index (χ3v) is 4.92. The van der Waals surface area contributed by atoms with Crippen molar-refractivity contribution >= 4 is 35.0 Å². The number of amides is 2. The lowest BCUT2D eigenvalue weighted by Crippen LogP contribution is -2.56. The molecule has 1 heterocycles. The standard InChI is InChI=1S/C17H23Cl2N3O3/c1-17(2,22-5-7-25-8-6-22)11-21-15(23)10-20-16(24)12-3-4-13(18)14(19)9-12/h3-4,9H,5-8,10-11H2,1-2H3,(H,20,24)(H,21,23). The summed E-state index contributed by atoms with van der Waals surface area (Å²) in [4.78, 5) is 26.3. The van der Waals surface area contributed by atoms with Gasteiger partial charge >= 0.3 is 0 Å². The van der Waals surface area contributed by atoms with Crippen molar-refractivity contribution in [2.45, 2.75) is 19.4 Å². The third kappa shape index (κ3) is 5.85. The first-order chi connectivity index (χ1) is 11.8. The highest BCUT2D eigenvalue weighted by atomic mass is 35.5. The van der Waals surface area contributed by atoms with Crippen LogP contribution in [-0.4, -0.2) is 61.6 Å². The van der Waals surface area contributed by atoms with Gasteiger partial charge in [0.05, 0.1) is 29.8 Å². The Morgan fingerprint density at radius 2 is 1.84 bits per heavy atom. The largest absolute Gasteiger partial charge is 0.379 e. The van der Waals surface area contributed by atoms with Gasteiger partial charge in [-0.05, 0) is 32.0 Å². The molecule has 0 aliphatic carbocycles. The molecule has 0 radical (unpaired) electrons. The molecule has 25 heavy (non-hydrogen) atoms. The van der Waals surface area contributed by atoms with Gasteiger partial charge in [-0.3, -0.25) is 14.5 Å². The molecule has 0 aromatic heterocycles. The van der Waals surface area contributed by atoms with E-state index in [2.05, 4.69) is 29.4 Å². The minimum Gasteiger partial charge on any atom is -0.379 e. The van der Waals surface area contributed by atoms with E-state index in [0.717, 1.165) is 13.1 Å². The zero-order valence-electron chi connectivity index (χ0n) is 14.4. The minimum absolute atomic E-state index is 0.0989. The Labute approximate surface area is 157 Å². The molecule has 6 nitrogen and oxygen atoms in total. The molecule has 0 spiro atoms. The average Bonchev–Trinajstić information content (AvgIpc) is 2.61. The monoisotopic (exact) mass is 387 g/mol. The van der Waals surface area contributed by atoms with Crippen LogP contribution in [0.2, 0.25) is 10.0 Å². The Kier molecular flexibility index (Phi) is 7.07. The van der Waals surface area contributed by atoms with Crippen molar-refractivity contribution in [3.63, 3.8) is 0 Å². The smallest absolute Gasteiger partial charge is 0.251 e. The summed E-state index contributed by atoms with van der Waals surface area (Å²) in [6.07, 6.45) is 0. The Morgan fingerprint density at radius 3 is 2.48 bits per heavy atom. The van der Waals surface area contributed by atoms with Crippen molar-refractivity contribution in [3.8, 4) is 0 Å². The maximum absolute atomic E-state index is 12.0. The van der Waals surface area contributed by atoms with E-state index in [0.29, 0.717) is 35.4 Å². The van der Waals surface area contributed by atoms with Crippen LogP contribution >= 0.6 is 23.2 Å². The molecule has 8 heteroatoms. The first-order valence-corrected chi connectivity index (χ1v) is 8.88. The van der Waals surface area contributed by atoms with Gasteiger partial charge in [-0.15, -0.1) is 0 Å². The normalized spacial score (nSPS) is 15.7. The van der Waals surface area contributed by atoms with Crippen LogP contribution in [0.25, 0.3) is 0 Å². The number of rotatable bonds is 6. The van der Waals surface area contributed by atoms with Gasteiger partial charge in [0.25, 0.3) is 5.91 Å². The zero-order chi connectivity index (χ0) is 18.4. The predicted molar refractivity (Wildman–Crippen MR) is 98.3 cm³/mol. The average molecular weight is 388 g/mol. The number of nitrogens with one attached hydrogen (secondary N) is 2. The lowest BCUT2D eigenvalue weighted by atomic mass is 10.0. The molecule has 1 aliphatic heterocycles. The molecule has 0 saturated carbocycles. The van der Waals surface area contributed by atoms with Crippen LogP contribution < -0.4 is 10.6 Å². The summed E-state index contributed by atoms with van der Waals surface area (Å²) < 4.78 is 5.35. The van der Waals surface area contributed by atoms with E-state index in [-0.39, 0.29) is 23.9 Å². The van der Waals surface area contributed by atoms with Crippen LogP contribution in [0.1, 0.15) is 24.2 Å². The van der Waals surface area contributed by atoms with Gasteiger partial charge in [0.2, 0.25) is 5.91 Å². The van der Waals surface area contributed by atoms with Crippen molar-refractivity contribution < 1.29 is 14.3 Å². The molecule has 1 aromatic rings. The second kappa shape index (κ2) is 8.85. The number of halogens is 2. The fraction of sp³-hybridized carbons (Fsp3) is 0.529. The van der Waals surface area contributed by atoms with Crippen LogP contribution in [-0.2, 0) is 9.53 Å². The molecule has 1 fully saturated rings. The second-order valence-corrected chi connectivity index (χ2v) is 7.31. The number of morpholine rings is 1. The van der Waals surface area contributed by atoms with Crippen LogP contribution in [0.4, 0.5) is 0 Å². The van der Waals surface area contributed by atoms with Gasteiger partial charge in [0, 0.05) is 30.7 Å². The van der Waals surface area contributed by atoms with Gasteiger partial charge in [-0.2, -0.15) is 0 Å². The van der Waals surface area contributed by atoms with Crippen LogP contribution in [0.15, 0.2) is 18.2 Å². The van der Waals surface area contributed by atoms with E-state index < -0.39 is 0 Å². The highest BCUT2D eigenvalue weighted by Gasteiger charge is 2.28. The van der Waals surface area contributed by atoms with Crippen LogP contribution in [0.5, 0.6) is 0 Å². The number of carbonyl (C=O) groups is 2. The molecule has 2 amide bonds. The molecule has 0 atom stereocenters. The van der Waals surface area contributed by atoms with E-state index in [4.69, 9.17) is 27.9 Å². The number of nitrogens with zero attached hydrogens (tertiary/aromatic N) is 1. The highest BCUT2D eigenvalue weighted by Crippen LogP contribution is 2.22. The van der Waals surface area contributed by atoms with Crippen molar-refractivity contribution in [3.05, 3.63) is 33.8 Å². The summed E-state index contributed by atoms with van der Waals surface area (Å²) >= 11 is 11.7. The van der Waals surface area contributed by atoms with Crippen LogP contribution in [0.3, 0.4) is 0 Å². The Hall–Kier alpha value is -1.34. The lowest BCUT2D eigenvalue weighted by Gasteiger charge is -2.40. The quantitative estimate of drug-likeness (QED) is 0.782. The number of ether oxygens (including phenoxy) is 1. The van der Waals surface area contributed by atoms with E-state index in [1.54, 1.807) is 12.1 Å². The molecule has 138 valence electrons. The number of hydrogen-bond acceptors (Lipinski definition) is 4. The molecular weight excluding hydrogens is 365 g/mol. The topological polar surface area (TPSA) is 70.7 Å². The summed E-state index contributed by atoms with van der Waals surface area (Å²) in [6, 6.07) is 4.57. The van der Waals surface area contributed by atoms with Gasteiger partial charge in [-0.1, -0.05) is 23.2 Å². The van der Waals surface area contributed by atoms with Gasteiger partial charge in [0.1, 0.15) is 0 Å². The van der Waals surface area contributed by atoms with Crippen molar-refractivity contribution in [2.24, 2.45) is 0 Å². The van der Waals surface area contributed by atoms with Crippen LogP contribution in [0, 0.1) is 0 Å². The fourth-order valence-corrected chi connectivity index (χ4v) is 2.86. The molecule has 0 bridgehead atoms. The molecule has 0 unspecified atom stereocenters. The third-order valence-electron chi connectivity index (χ3n) is 4.18. The fourth-order valence-electron chi connectivity index (χ4n) is 2.56. The molecule has 2 N–H and O–H groups in total. The lowest BCUT2D eigenvalue weighted by molar-refractivity contribution is -0.120. The van der Waals surface area contributed by atoms with Gasteiger partial charge in [-0.25, -0.2) is 0 Å². The van der Waals surface area contributed by atoms with Crippen molar-refractivity contribution in [1.82, 2.24) is 15.5 Å². The van der Waals surface area contributed by atoms with E-state index in [1.807, 2.05) is 0 Å². The summed E-state index contributed by atoms with van der Waals surface area (Å²) in [5.74, 6) is -0.615. The summed E-state index contributed by atoms with van der Waals surface area (Å²) in [6.45, 7) is 7.65. The zero-order valence-corrected chi connectivity index (χ0v) is 15.9. The van der Waals surface area contributed by atoms with Gasteiger partial charge < -0.3 is 15.4 Å². The SMILES string of the molecule is CC(C)(CNC(=O)CNC(=O)c1ccc(Cl)c(Cl)c1)N1CCOCC1. The van der Waals surface area contributed by atoms with E-state index in [9.17, 15) is 9.59 Å². The van der Waals surface area contributed by atoms with Crippen molar-refractivity contribution in [2.75, 3.05) is 39.4 Å². The second-order valence-electron chi connectivity index (χ2n) is 6.50. The van der Waals surface area contributed by atoms with Crippen molar-refractivity contribution in [1.29, 1.82) is 0 Å². The summed E-state index contributed by atoms with van der Waals surface area (Å²) in [5.41, 5.74) is 0.184. The molecular formula is C17H23Cl2N3O3. The van der Waals surface area contributed by atoms with E-state index in [1.165, 1.54) is 6.07 Å². The first-order valence-electron chi connectivity index (χ1n) is 8.12. The molecule has 1 aromatic carbocycles. The summed E-state index contributed by atoms with van der Waals surface area (Å²) in [7, 11) is 0. The highest BCUT2D eigenvalue weighted by molar-refractivity contribution is 6.42. The molecule has 1 saturated heterocycles. The maximum Gasteiger partial charge on any atom is 0.251 e. The Morgan fingerprint density at radius 1 is 1.16 bits per heavy atom. The molecule has 1 aliphatic rings. The number of benzene rings is 1. The maximum atomic E-state index is 12.0. The van der Waals surface area contributed by atoms with Gasteiger partial charge in [0.15, 0.2) is 0 Å². The predicted octanol–water partition coefficient (Wildman–Crippen LogP) is 1.95. The number of hydrogen-bond donors (Lipinski definition) is 2. The number of carbonyl (C=O) groups excluding carboxylic acids is 2. The Bertz CT molecular complexity index is 632. The first kappa shape index (κ1) is 20.0.